The molecule has 32 heavy (non-hydrogen) atoms. The van der Waals surface area contributed by atoms with Gasteiger partial charge in [0.1, 0.15) is 0 Å². The molecule has 4 nitrogen and oxygen atoms in total. The summed E-state index contributed by atoms with van der Waals surface area (Å²) in [4.78, 5) is 3.84. The maximum Gasteiger partial charge on any atom is 0.416 e. The molecule has 0 bridgehead atoms. The first-order valence-corrected chi connectivity index (χ1v) is 10.2. The van der Waals surface area contributed by atoms with Gasteiger partial charge in [-0.15, -0.1) is 24.8 Å². The molecule has 2 aromatic carbocycles. The van der Waals surface area contributed by atoms with Gasteiger partial charge in [0.05, 0.1) is 23.5 Å². The Morgan fingerprint density at radius 1 is 0.875 bits per heavy atom. The molecule has 0 aromatic heterocycles. The van der Waals surface area contributed by atoms with Crippen molar-refractivity contribution in [2.45, 2.75) is 22.4 Å². The van der Waals surface area contributed by atoms with E-state index in [-0.39, 0.29) is 43.5 Å². The molecular formula is C22H28Cl2F3N3OS. The predicted octanol–water partition coefficient (Wildman–Crippen LogP) is 5.15. The fraction of sp³-hybridized carbons (Fsp3) is 0.455. The third kappa shape index (κ3) is 6.24. The summed E-state index contributed by atoms with van der Waals surface area (Å²) in [7, 11) is 0. The van der Waals surface area contributed by atoms with E-state index in [4.69, 9.17) is 11.0 Å². The monoisotopic (exact) mass is 517 g/mol. The van der Waals surface area contributed by atoms with Crippen molar-refractivity contribution in [3.63, 3.8) is 0 Å². The highest BCUT2D eigenvalue weighted by molar-refractivity contribution is 7.99. The SMILES string of the molecule is Cl.Cl.[2H]C1([2H])N(CCO)C([2H])([2H])C([2H])([2H])N(CCCN2c3ccccc3Sc3ccc(C(F)(F)F)cc32)C1([2H])[2H]. The number of benzene rings is 2. The Bertz CT molecular complexity index is 1180. The number of nitrogens with zero attached hydrogens (tertiary/aromatic N) is 3. The van der Waals surface area contributed by atoms with Crippen LogP contribution in [0.15, 0.2) is 52.3 Å². The van der Waals surface area contributed by atoms with Gasteiger partial charge in [-0.3, -0.25) is 4.90 Å². The number of anilines is 2. The smallest absolute Gasteiger partial charge is 0.395 e. The summed E-state index contributed by atoms with van der Waals surface area (Å²) in [5, 5.41) is 9.29. The zero-order valence-corrected chi connectivity index (χ0v) is 19.2. The molecule has 2 aliphatic heterocycles. The standard InChI is InChI=1S/C22H26F3N3OS.2ClH/c23-22(24,25)17-6-7-21-19(16-17)28(18-4-1-2-5-20(18)30-21)9-3-8-26-10-12-27(13-11-26)14-15-29;;/h1-2,4-7,16,29H,3,8-15H2;2*1H/i10D2,11D2,12D2,13D2;;. The topological polar surface area (TPSA) is 30.0 Å². The van der Waals surface area contributed by atoms with Crippen LogP contribution in [0.4, 0.5) is 24.5 Å². The maximum absolute atomic E-state index is 13.5. The molecule has 0 unspecified atom stereocenters. The lowest BCUT2D eigenvalue weighted by Gasteiger charge is -2.36. The number of fused-ring (bicyclic) bond motifs is 2. The van der Waals surface area contributed by atoms with E-state index < -0.39 is 57.4 Å². The zero-order valence-electron chi connectivity index (χ0n) is 24.7. The lowest BCUT2D eigenvalue weighted by atomic mass is 10.1. The molecule has 1 fully saturated rings. The average molecular weight is 519 g/mol. The summed E-state index contributed by atoms with van der Waals surface area (Å²) in [6.07, 6.45) is -4.60. The van der Waals surface area contributed by atoms with Gasteiger partial charge in [0.15, 0.2) is 0 Å². The van der Waals surface area contributed by atoms with Gasteiger partial charge in [-0.1, -0.05) is 23.9 Å². The lowest BCUT2D eigenvalue weighted by molar-refractivity contribution is -0.137. The summed E-state index contributed by atoms with van der Waals surface area (Å²) in [5.74, 6) is 0. The first-order valence-electron chi connectivity index (χ1n) is 13.4. The second-order valence-corrected chi connectivity index (χ2v) is 7.81. The van der Waals surface area contributed by atoms with Crippen molar-refractivity contribution in [2.24, 2.45) is 0 Å². The fourth-order valence-corrected chi connectivity index (χ4v) is 4.33. The van der Waals surface area contributed by atoms with E-state index in [0.29, 0.717) is 20.4 Å². The first-order chi connectivity index (χ1) is 17.5. The molecular weight excluding hydrogens is 482 g/mol. The largest absolute Gasteiger partial charge is 0.416 e. The van der Waals surface area contributed by atoms with Gasteiger partial charge in [-0.05, 0) is 43.3 Å². The van der Waals surface area contributed by atoms with Crippen LogP contribution < -0.4 is 4.90 Å². The Kier molecular flexibility index (Phi) is 6.39. The normalized spacial score (nSPS) is 26.6. The van der Waals surface area contributed by atoms with E-state index >= 15 is 0 Å². The number of aliphatic hydroxyl groups is 1. The molecule has 0 spiro atoms. The number of hydrogen-bond acceptors (Lipinski definition) is 5. The van der Waals surface area contributed by atoms with Crippen molar-refractivity contribution in [3.05, 3.63) is 48.0 Å². The minimum absolute atomic E-state index is 0. The summed E-state index contributed by atoms with van der Waals surface area (Å²) in [6.45, 7) is -13.8. The van der Waals surface area contributed by atoms with Crippen LogP contribution in [-0.4, -0.2) is 67.1 Å². The molecule has 0 saturated carbocycles. The molecule has 1 saturated heterocycles. The molecule has 0 atom stereocenters. The van der Waals surface area contributed by atoms with Crippen LogP contribution in [0.1, 0.15) is 23.0 Å². The van der Waals surface area contributed by atoms with Gasteiger partial charge < -0.3 is 14.9 Å². The summed E-state index contributed by atoms with van der Waals surface area (Å²) >= 11 is 1.31. The van der Waals surface area contributed by atoms with Crippen molar-refractivity contribution in [2.75, 3.05) is 57.1 Å². The highest BCUT2D eigenvalue weighted by Crippen LogP contribution is 2.49. The van der Waals surface area contributed by atoms with E-state index in [1.54, 1.807) is 23.1 Å². The van der Waals surface area contributed by atoms with Crippen molar-refractivity contribution >= 4 is 48.0 Å². The quantitative estimate of drug-likeness (QED) is 0.572. The van der Waals surface area contributed by atoms with Gasteiger partial charge in [0.25, 0.3) is 0 Å². The predicted molar refractivity (Wildman–Crippen MR) is 128 cm³/mol. The molecule has 0 aliphatic carbocycles. The average Bonchev–Trinajstić information content (AvgIpc) is 2.82. The highest BCUT2D eigenvalue weighted by atomic mass is 35.5. The molecule has 0 amide bonds. The summed E-state index contributed by atoms with van der Waals surface area (Å²) < 4.78 is 107. The molecule has 2 aromatic rings. The molecule has 0 radical (unpaired) electrons. The van der Waals surface area contributed by atoms with Gasteiger partial charge in [-0.25, -0.2) is 0 Å². The van der Waals surface area contributed by atoms with E-state index in [1.807, 2.05) is 6.07 Å². The Morgan fingerprint density at radius 3 is 2.16 bits per heavy atom. The van der Waals surface area contributed by atoms with Crippen LogP contribution in [0.3, 0.4) is 0 Å². The van der Waals surface area contributed by atoms with Crippen LogP contribution >= 0.6 is 36.6 Å². The Labute approximate surface area is 214 Å². The van der Waals surface area contributed by atoms with Crippen LogP contribution in [-0.2, 0) is 6.18 Å². The Hall–Kier alpha value is -1.16. The zero-order chi connectivity index (χ0) is 28.3. The number of para-hydroxylation sites is 1. The number of hydrogen-bond donors (Lipinski definition) is 1. The van der Waals surface area contributed by atoms with Gasteiger partial charge >= 0.3 is 6.18 Å². The molecule has 1 N–H and O–H groups in total. The highest BCUT2D eigenvalue weighted by Gasteiger charge is 2.33. The molecule has 178 valence electrons. The van der Waals surface area contributed by atoms with Crippen molar-refractivity contribution in [3.8, 4) is 0 Å². The number of β-amino-alcohol motifs (C(OH)–C–C–N with tert-alkyl or cyclic N) is 1. The third-order valence-electron chi connectivity index (χ3n) is 4.68. The third-order valence-corrected chi connectivity index (χ3v) is 5.81. The van der Waals surface area contributed by atoms with Crippen LogP contribution in [0.5, 0.6) is 0 Å². The van der Waals surface area contributed by atoms with Crippen LogP contribution in [0.2, 0.25) is 0 Å². The number of rotatable bonds is 6. The van der Waals surface area contributed by atoms with E-state index in [2.05, 4.69) is 0 Å². The second kappa shape index (κ2) is 11.8. The van der Waals surface area contributed by atoms with E-state index in [9.17, 15) is 18.3 Å². The number of aliphatic hydroxyl groups excluding tert-OH is 1. The summed E-state index contributed by atoms with van der Waals surface area (Å²) in [5.41, 5.74) is 0.0667. The van der Waals surface area contributed by atoms with E-state index in [1.165, 1.54) is 17.8 Å². The van der Waals surface area contributed by atoms with Crippen molar-refractivity contribution in [1.82, 2.24) is 9.80 Å². The number of piperazine rings is 1. The Balaban J connectivity index is 0.00000280. The minimum atomic E-state index is -4.57. The van der Waals surface area contributed by atoms with Crippen molar-refractivity contribution in [1.29, 1.82) is 0 Å². The van der Waals surface area contributed by atoms with Crippen molar-refractivity contribution < 1.29 is 29.2 Å². The molecule has 4 rings (SSSR count). The minimum Gasteiger partial charge on any atom is -0.395 e. The molecule has 2 heterocycles. The summed E-state index contributed by atoms with van der Waals surface area (Å²) in [6, 6.07) is 10.5. The Morgan fingerprint density at radius 2 is 1.50 bits per heavy atom. The lowest BCUT2D eigenvalue weighted by Crippen LogP contribution is -2.47. The van der Waals surface area contributed by atoms with Gasteiger partial charge in [0, 0.05) is 59.8 Å². The first kappa shape index (κ1) is 17.3. The fourth-order valence-electron chi connectivity index (χ4n) is 3.25. The van der Waals surface area contributed by atoms with Gasteiger partial charge in [0.2, 0.25) is 0 Å². The number of alkyl halides is 3. The van der Waals surface area contributed by atoms with E-state index in [0.717, 1.165) is 17.0 Å². The molecule has 2 aliphatic rings. The van der Waals surface area contributed by atoms with Gasteiger partial charge in [-0.2, -0.15) is 13.2 Å². The maximum atomic E-state index is 13.5. The molecule has 10 heteroatoms. The second-order valence-electron chi connectivity index (χ2n) is 6.73. The van der Waals surface area contributed by atoms with Crippen LogP contribution in [0, 0.1) is 0 Å². The van der Waals surface area contributed by atoms with Crippen LogP contribution in [0.25, 0.3) is 0 Å². The number of halogens is 5.